The third-order valence-electron chi connectivity index (χ3n) is 3.99. The van der Waals surface area contributed by atoms with Gasteiger partial charge in [0.05, 0.1) is 11.9 Å². The van der Waals surface area contributed by atoms with E-state index in [2.05, 4.69) is 6.92 Å². The van der Waals surface area contributed by atoms with E-state index in [1.807, 2.05) is 0 Å². The summed E-state index contributed by atoms with van der Waals surface area (Å²) in [7, 11) is 0. The summed E-state index contributed by atoms with van der Waals surface area (Å²) < 4.78 is 57.3. The molecular weight excluding hydrogens is 310 g/mol. The van der Waals surface area contributed by atoms with E-state index in [-0.39, 0.29) is 63.2 Å². The fraction of sp³-hybridized carbons (Fsp3) is 0.571. The molecule has 0 aliphatic heterocycles. The van der Waals surface area contributed by atoms with Gasteiger partial charge in [-0.3, -0.25) is 0 Å². The summed E-state index contributed by atoms with van der Waals surface area (Å²) in [6.45, 7) is -3.07. The van der Waals surface area contributed by atoms with Gasteiger partial charge in [-0.1, -0.05) is 24.9 Å². The van der Waals surface area contributed by atoms with Gasteiger partial charge in [0.15, 0.2) is 0 Å². The van der Waals surface area contributed by atoms with Crippen LogP contribution in [-0.4, -0.2) is 13.1 Å². The summed E-state index contributed by atoms with van der Waals surface area (Å²) in [5.41, 5.74) is -0.844. The minimum absolute atomic E-state index is 0. The maximum atomic E-state index is 13.2. The van der Waals surface area contributed by atoms with Gasteiger partial charge in [0.2, 0.25) is 0 Å². The average Bonchev–Trinajstić information content (AvgIpc) is 2.38. The molecular formula is C14H18BF4KO. The Morgan fingerprint density at radius 2 is 1.76 bits per heavy atom. The van der Waals surface area contributed by atoms with Crippen LogP contribution in [0.25, 0.3) is 0 Å². The summed E-state index contributed by atoms with van der Waals surface area (Å²) in [4.78, 5) is 0. The fourth-order valence-electron chi connectivity index (χ4n) is 2.72. The van der Waals surface area contributed by atoms with Crippen LogP contribution in [0.1, 0.15) is 39.0 Å². The van der Waals surface area contributed by atoms with E-state index in [4.69, 9.17) is 4.74 Å². The minimum Gasteiger partial charge on any atom is -0.493 e. The van der Waals surface area contributed by atoms with Crippen LogP contribution in [0.15, 0.2) is 18.2 Å². The molecule has 0 bridgehead atoms. The maximum Gasteiger partial charge on any atom is 1.00 e. The van der Waals surface area contributed by atoms with Crippen molar-refractivity contribution in [1.82, 2.24) is 0 Å². The zero-order chi connectivity index (χ0) is 14.8. The van der Waals surface area contributed by atoms with E-state index < -0.39 is 18.3 Å². The first-order valence-electron chi connectivity index (χ1n) is 7.06. The minimum atomic E-state index is -5.19. The van der Waals surface area contributed by atoms with Crippen LogP contribution >= 0.6 is 0 Å². The van der Waals surface area contributed by atoms with Crippen LogP contribution in [0.5, 0.6) is 5.75 Å². The summed E-state index contributed by atoms with van der Waals surface area (Å²) in [6, 6.07) is 2.43. The van der Waals surface area contributed by atoms with Crippen molar-refractivity contribution in [2.75, 3.05) is 0 Å². The Balaban J connectivity index is 0.00000220. The summed E-state index contributed by atoms with van der Waals surface area (Å²) in [5, 5.41) is 0. The first-order valence-corrected chi connectivity index (χ1v) is 7.06. The molecule has 1 fully saturated rings. The van der Waals surface area contributed by atoms with Gasteiger partial charge < -0.3 is 17.7 Å². The number of halogens is 4. The van der Waals surface area contributed by atoms with Gasteiger partial charge >= 0.3 is 58.4 Å². The van der Waals surface area contributed by atoms with E-state index in [1.54, 1.807) is 0 Å². The molecule has 1 aliphatic carbocycles. The van der Waals surface area contributed by atoms with E-state index in [0.29, 0.717) is 5.92 Å². The fourth-order valence-corrected chi connectivity index (χ4v) is 2.72. The molecule has 0 spiro atoms. The Morgan fingerprint density at radius 1 is 1.14 bits per heavy atom. The van der Waals surface area contributed by atoms with E-state index in [9.17, 15) is 17.3 Å². The van der Waals surface area contributed by atoms with Gasteiger partial charge in [0.25, 0.3) is 0 Å². The second kappa shape index (κ2) is 8.34. The van der Waals surface area contributed by atoms with Crippen molar-refractivity contribution in [3.05, 3.63) is 24.0 Å². The van der Waals surface area contributed by atoms with Crippen LogP contribution in [0.3, 0.4) is 0 Å². The van der Waals surface area contributed by atoms with Crippen molar-refractivity contribution in [2.45, 2.75) is 45.1 Å². The van der Waals surface area contributed by atoms with Crippen molar-refractivity contribution in [2.24, 2.45) is 5.92 Å². The predicted molar refractivity (Wildman–Crippen MR) is 71.8 cm³/mol. The smallest absolute Gasteiger partial charge is 0.493 e. The Hall–Kier alpha value is 0.441. The van der Waals surface area contributed by atoms with Crippen LogP contribution in [0.4, 0.5) is 17.3 Å². The topological polar surface area (TPSA) is 9.23 Å². The third kappa shape index (κ3) is 5.53. The third-order valence-corrected chi connectivity index (χ3v) is 3.99. The average molecular weight is 328 g/mol. The maximum absolute atomic E-state index is 13.2. The predicted octanol–water partition coefficient (Wildman–Crippen LogP) is 1.23. The van der Waals surface area contributed by atoms with Crippen molar-refractivity contribution in [1.29, 1.82) is 0 Å². The molecule has 112 valence electrons. The molecule has 1 aromatic carbocycles. The Labute approximate surface area is 165 Å². The van der Waals surface area contributed by atoms with Crippen LogP contribution in [0, 0.1) is 11.7 Å². The molecule has 0 radical (unpaired) electrons. The van der Waals surface area contributed by atoms with Crippen molar-refractivity contribution in [3.8, 4) is 5.75 Å². The largest absolute Gasteiger partial charge is 1.00 e. The molecule has 0 atom stereocenters. The SMILES string of the molecule is CCC1CCC(Oc2cc(F)ccc2[B-](F)(F)F)CC1.[K+]. The summed E-state index contributed by atoms with van der Waals surface area (Å²) >= 11 is 0. The monoisotopic (exact) mass is 328 g/mol. The van der Waals surface area contributed by atoms with E-state index >= 15 is 0 Å². The molecule has 2 rings (SSSR count). The number of ether oxygens (including phenoxy) is 1. The van der Waals surface area contributed by atoms with Crippen LogP contribution in [-0.2, 0) is 0 Å². The molecule has 0 saturated heterocycles. The Morgan fingerprint density at radius 3 is 2.29 bits per heavy atom. The second-order valence-electron chi connectivity index (χ2n) is 5.43. The second-order valence-corrected chi connectivity index (χ2v) is 5.43. The molecule has 1 aromatic rings. The Bertz CT molecular complexity index is 459. The molecule has 1 aliphatic rings. The molecule has 21 heavy (non-hydrogen) atoms. The number of hydrogen-bond donors (Lipinski definition) is 0. The zero-order valence-corrected chi connectivity index (χ0v) is 15.5. The summed E-state index contributed by atoms with van der Waals surface area (Å²) in [6.07, 6.45) is 4.24. The molecule has 0 unspecified atom stereocenters. The van der Waals surface area contributed by atoms with Crippen LogP contribution < -0.4 is 61.6 Å². The van der Waals surface area contributed by atoms with Crippen molar-refractivity contribution >= 4 is 12.4 Å². The van der Waals surface area contributed by atoms with Gasteiger partial charge in [-0.05, 0) is 37.7 Å². The van der Waals surface area contributed by atoms with Crippen LogP contribution in [0.2, 0.25) is 0 Å². The number of hydrogen-bond acceptors (Lipinski definition) is 1. The molecule has 7 heteroatoms. The molecule has 1 nitrogen and oxygen atoms in total. The van der Waals surface area contributed by atoms with E-state index in [1.165, 1.54) is 0 Å². The van der Waals surface area contributed by atoms with Crippen molar-refractivity contribution < 1.29 is 73.5 Å². The Kier molecular flexibility index (Phi) is 7.74. The quantitative estimate of drug-likeness (QED) is 0.597. The van der Waals surface area contributed by atoms with Gasteiger partial charge in [-0.15, -0.1) is 0 Å². The van der Waals surface area contributed by atoms with Gasteiger partial charge in [-0.2, -0.15) is 0 Å². The number of benzene rings is 1. The normalized spacial score (nSPS) is 22.5. The summed E-state index contributed by atoms with van der Waals surface area (Å²) in [5.74, 6) is -0.433. The van der Waals surface area contributed by atoms with Gasteiger partial charge in [0, 0.05) is 6.07 Å². The first kappa shape index (κ1) is 19.5. The van der Waals surface area contributed by atoms with Gasteiger partial charge in [0.1, 0.15) is 5.82 Å². The zero-order valence-electron chi connectivity index (χ0n) is 12.4. The first-order chi connectivity index (χ1) is 9.40. The standard InChI is InChI=1S/C14H18BF4O.K/c1-2-10-3-6-12(7-4-10)20-14-9-11(16)5-8-13(14)15(17,18)19;/h5,8-10,12H,2-4,6-7H2,1H3;/q-1;+1. The molecule has 0 N–H and O–H groups in total. The van der Waals surface area contributed by atoms with E-state index in [0.717, 1.165) is 50.3 Å². The molecule has 0 heterocycles. The van der Waals surface area contributed by atoms with Crippen molar-refractivity contribution in [3.63, 3.8) is 0 Å². The molecule has 1 saturated carbocycles. The van der Waals surface area contributed by atoms with Gasteiger partial charge in [-0.25, -0.2) is 4.39 Å². The molecule has 0 amide bonds. The molecule has 0 aromatic heterocycles. The number of rotatable bonds is 4.